The number of fused-ring (bicyclic) bond motifs is 2. The Morgan fingerprint density at radius 3 is 1.78 bits per heavy atom. The molecule has 2 saturated heterocycles. The van der Waals surface area contributed by atoms with Gasteiger partial charge < -0.3 is 37.9 Å². The Labute approximate surface area is 239 Å². The van der Waals surface area contributed by atoms with E-state index in [1.54, 1.807) is 30.3 Å². The fourth-order valence-corrected chi connectivity index (χ4v) is 5.57. The lowest BCUT2D eigenvalue weighted by Gasteiger charge is -2.36. The number of piperidine rings is 1. The van der Waals surface area contributed by atoms with E-state index >= 15 is 0 Å². The van der Waals surface area contributed by atoms with Gasteiger partial charge in [0.05, 0.1) is 54.3 Å². The summed E-state index contributed by atoms with van der Waals surface area (Å²) in [6, 6.07) is 6.66. The van der Waals surface area contributed by atoms with E-state index in [-0.39, 0.29) is 24.3 Å². The monoisotopic (exact) mass is 571 g/mol. The Kier molecular flexibility index (Phi) is 9.49. The molecule has 0 radical (unpaired) electrons. The fourth-order valence-electron chi connectivity index (χ4n) is 5.57. The van der Waals surface area contributed by atoms with Crippen molar-refractivity contribution in [2.75, 3.05) is 49.7 Å². The summed E-state index contributed by atoms with van der Waals surface area (Å²) >= 11 is 0. The van der Waals surface area contributed by atoms with Crippen molar-refractivity contribution in [2.24, 2.45) is 0 Å². The van der Waals surface area contributed by atoms with E-state index in [1.807, 2.05) is 7.05 Å². The van der Waals surface area contributed by atoms with Gasteiger partial charge in [0.2, 0.25) is 11.5 Å². The van der Waals surface area contributed by atoms with Crippen LogP contribution in [0.15, 0.2) is 30.3 Å². The van der Waals surface area contributed by atoms with E-state index in [0.717, 1.165) is 0 Å². The maximum atomic E-state index is 13.1. The summed E-state index contributed by atoms with van der Waals surface area (Å²) in [4.78, 5) is 28.0. The molecule has 2 bridgehead atoms. The molecule has 4 rings (SSSR count). The molecule has 0 saturated carbocycles. The predicted molar refractivity (Wildman–Crippen MR) is 150 cm³/mol. The summed E-state index contributed by atoms with van der Waals surface area (Å²) in [5, 5.41) is 0. The van der Waals surface area contributed by atoms with E-state index in [4.69, 9.17) is 37.9 Å². The summed E-state index contributed by atoms with van der Waals surface area (Å²) in [6.07, 6.45) is 4.20. The molecule has 11 nitrogen and oxygen atoms in total. The molecule has 0 spiro atoms. The second-order valence-corrected chi connectivity index (χ2v) is 9.80. The smallest absolute Gasteiger partial charge is 0.338 e. The van der Waals surface area contributed by atoms with Gasteiger partial charge in [0.25, 0.3) is 0 Å². The van der Waals surface area contributed by atoms with Gasteiger partial charge >= 0.3 is 11.9 Å². The SMILES string of the molecule is COc1cc(C=CC(=O)O[C@H]2CC3C[C@H](OC(=O)c4cc(OC)c(OC)c(OC)c4)CC2N3C)cc(OC)c1OC. The Bertz CT molecular complexity index is 1240. The summed E-state index contributed by atoms with van der Waals surface area (Å²) in [5.41, 5.74) is 0.989. The van der Waals surface area contributed by atoms with Gasteiger partial charge in [0.15, 0.2) is 23.0 Å². The van der Waals surface area contributed by atoms with Crippen molar-refractivity contribution >= 4 is 18.0 Å². The number of rotatable bonds is 11. The molecule has 0 aromatic heterocycles. The van der Waals surface area contributed by atoms with Gasteiger partial charge in [-0.25, -0.2) is 9.59 Å². The fraction of sp³-hybridized carbons (Fsp3) is 0.467. The van der Waals surface area contributed by atoms with Gasteiger partial charge in [-0.05, 0) is 43.0 Å². The Hall–Kier alpha value is -4.12. The zero-order valence-electron chi connectivity index (χ0n) is 24.4. The molecule has 0 N–H and O–H groups in total. The van der Waals surface area contributed by atoms with Crippen LogP contribution in [0.5, 0.6) is 34.5 Å². The van der Waals surface area contributed by atoms with Crippen LogP contribution in [0.4, 0.5) is 0 Å². The van der Waals surface area contributed by atoms with Gasteiger partial charge in [-0.1, -0.05) is 0 Å². The quantitative estimate of drug-likeness (QED) is 0.290. The van der Waals surface area contributed by atoms with Crippen molar-refractivity contribution < 1.29 is 47.5 Å². The first-order chi connectivity index (χ1) is 19.8. The van der Waals surface area contributed by atoms with Crippen LogP contribution >= 0.6 is 0 Å². The van der Waals surface area contributed by atoms with Crippen molar-refractivity contribution in [3.8, 4) is 34.5 Å². The number of carbonyl (C=O) groups excluding carboxylic acids is 2. The van der Waals surface area contributed by atoms with Crippen molar-refractivity contribution in [1.29, 1.82) is 0 Å². The third-order valence-electron chi connectivity index (χ3n) is 7.61. The van der Waals surface area contributed by atoms with E-state index in [9.17, 15) is 9.59 Å². The van der Waals surface area contributed by atoms with E-state index in [2.05, 4.69) is 4.90 Å². The number of methoxy groups -OCH3 is 6. The van der Waals surface area contributed by atoms with E-state index < -0.39 is 11.9 Å². The molecule has 2 aliphatic heterocycles. The predicted octanol–water partition coefficient (Wildman–Crippen LogP) is 3.76. The minimum absolute atomic E-state index is 0.0787. The molecule has 11 heteroatoms. The largest absolute Gasteiger partial charge is 0.493 e. The van der Waals surface area contributed by atoms with Crippen LogP contribution in [0.25, 0.3) is 6.08 Å². The maximum Gasteiger partial charge on any atom is 0.338 e. The lowest BCUT2D eigenvalue weighted by atomic mass is 10.00. The number of likely N-dealkylation sites (N-methyl/N-ethyl adjacent to an activating group) is 1. The van der Waals surface area contributed by atoms with E-state index in [0.29, 0.717) is 64.9 Å². The highest BCUT2D eigenvalue weighted by molar-refractivity contribution is 5.91. The molecule has 2 aromatic carbocycles. The molecule has 0 amide bonds. The first-order valence-corrected chi connectivity index (χ1v) is 13.2. The Morgan fingerprint density at radius 1 is 0.732 bits per heavy atom. The van der Waals surface area contributed by atoms with Crippen LogP contribution < -0.4 is 28.4 Å². The first kappa shape index (κ1) is 29.9. The topological polar surface area (TPSA) is 111 Å². The van der Waals surface area contributed by atoms with Crippen molar-refractivity contribution in [1.82, 2.24) is 4.90 Å². The third kappa shape index (κ3) is 6.30. The highest BCUT2D eigenvalue weighted by atomic mass is 16.6. The molecule has 0 aliphatic carbocycles. The standard InChI is InChI=1S/C30H37NO10/c1-31-19-14-20(40-30(33)18-12-25(36-4)29(39-7)26(13-18)37-5)16-21(31)22(15-19)41-27(32)9-8-17-10-23(34-2)28(38-6)24(11-17)35-3/h8-13,19-22H,14-16H2,1-7H3/t19?,20-,21?,22-/m0/s1. The first-order valence-electron chi connectivity index (χ1n) is 13.2. The zero-order valence-corrected chi connectivity index (χ0v) is 24.4. The minimum Gasteiger partial charge on any atom is -0.493 e. The summed E-state index contributed by atoms with van der Waals surface area (Å²) in [5.74, 6) is 1.62. The lowest BCUT2D eigenvalue weighted by Crippen LogP contribution is -2.46. The van der Waals surface area contributed by atoms with Crippen LogP contribution in [0.2, 0.25) is 0 Å². The number of benzene rings is 2. The van der Waals surface area contributed by atoms with Crippen LogP contribution in [0.3, 0.4) is 0 Å². The number of carbonyl (C=O) groups is 2. The molecule has 41 heavy (non-hydrogen) atoms. The van der Waals surface area contributed by atoms with Gasteiger partial charge in [-0.2, -0.15) is 0 Å². The molecule has 2 unspecified atom stereocenters. The lowest BCUT2D eigenvalue weighted by molar-refractivity contribution is -0.144. The Balaban J connectivity index is 1.40. The van der Waals surface area contributed by atoms with Gasteiger partial charge in [0, 0.05) is 31.4 Å². The number of ether oxygens (including phenoxy) is 8. The molecule has 222 valence electrons. The van der Waals surface area contributed by atoms with E-state index in [1.165, 1.54) is 48.7 Å². The number of nitrogens with zero attached hydrogens (tertiary/aromatic N) is 1. The zero-order chi connectivity index (χ0) is 29.7. The molecule has 2 fully saturated rings. The number of esters is 2. The van der Waals surface area contributed by atoms with Crippen LogP contribution in [0.1, 0.15) is 35.2 Å². The highest BCUT2D eigenvalue weighted by Gasteiger charge is 2.47. The second kappa shape index (κ2) is 13.0. The van der Waals surface area contributed by atoms with Crippen molar-refractivity contribution in [3.63, 3.8) is 0 Å². The normalized spacial score (nSPS) is 21.7. The summed E-state index contributed by atoms with van der Waals surface area (Å²) in [7, 11) is 11.1. The number of hydrogen-bond acceptors (Lipinski definition) is 11. The van der Waals surface area contributed by atoms with Crippen molar-refractivity contribution in [3.05, 3.63) is 41.5 Å². The molecule has 2 heterocycles. The number of hydrogen-bond donors (Lipinski definition) is 0. The summed E-state index contributed by atoms with van der Waals surface area (Å²) in [6.45, 7) is 0. The van der Waals surface area contributed by atoms with Crippen LogP contribution in [-0.2, 0) is 14.3 Å². The Morgan fingerprint density at radius 2 is 1.27 bits per heavy atom. The molecule has 4 atom stereocenters. The summed E-state index contributed by atoms with van der Waals surface area (Å²) < 4.78 is 43.9. The van der Waals surface area contributed by atoms with Gasteiger partial charge in [-0.3, -0.25) is 4.90 Å². The van der Waals surface area contributed by atoms with Gasteiger partial charge in [0.1, 0.15) is 12.2 Å². The molecular formula is C30H37NO10. The molecule has 2 aliphatic rings. The van der Waals surface area contributed by atoms with Crippen molar-refractivity contribution in [2.45, 2.75) is 43.6 Å². The average Bonchev–Trinajstić information content (AvgIpc) is 3.14. The second-order valence-electron chi connectivity index (χ2n) is 9.80. The highest BCUT2D eigenvalue weighted by Crippen LogP contribution is 2.41. The minimum atomic E-state index is -0.486. The average molecular weight is 572 g/mol. The van der Waals surface area contributed by atoms with Crippen LogP contribution in [0, 0.1) is 0 Å². The molecular weight excluding hydrogens is 534 g/mol. The third-order valence-corrected chi connectivity index (χ3v) is 7.61. The maximum absolute atomic E-state index is 13.1. The molecule has 2 aromatic rings. The van der Waals surface area contributed by atoms with Crippen LogP contribution in [-0.4, -0.2) is 90.8 Å². The van der Waals surface area contributed by atoms with Gasteiger partial charge in [-0.15, -0.1) is 0 Å².